The predicted octanol–water partition coefficient (Wildman–Crippen LogP) is 2.17. The van der Waals surface area contributed by atoms with Crippen molar-refractivity contribution in [3.05, 3.63) is 0 Å². The Bertz CT molecular complexity index is 105. The zero-order chi connectivity index (χ0) is 9.07. The first-order valence-electron chi connectivity index (χ1n) is 4.21. The normalized spacial score (nSPS) is 18.0. The average Bonchev–Trinajstić information content (AvgIpc) is 1.85. The lowest BCUT2D eigenvalue weighted by atomic mass is 9.96. The summed E-state index contributed by atoms with van der Waals surface area (Å²) in [6.07, 6.45) is 0.425. The summed E-state index contributed by atoms with van der Waals surface area (Å²) in [5.41, 5.74) is -0.177. The van der Waals surface area contributed by atoms with E-state index in [2.05, 4.69) is 0 Å². The molecule has 0 aromatic carbocycles. The Hall–Kier alpha value is -0.0800. The Balaban J connectivity index is 3.77. The summed E-state index contributed by atoms with van der Waals surface area (Å²) in [5.74, 6) is 0. The molecule has 0 saturated heterocycles. The van der Waals surface area contributed by atoms with Gasteiger partial charge in [0.2, 0.25) is 0 Å². The fourth-order valence-corrected chi connectivity index (χ4v) is 0.520. The maximum atomic E-state index is 9.46. The first-order valence-corrected chi connectivity index (χ1v) is 4.21. The monoisotopic (exact) mass is 160 g/mol. The lowest BCUT2D eigenvalue weighted by molar-refractivity contribution is -0.183. The number of ether oxygens (including phenoxy) is 1. The third kappa shape index (κ3) is 4.38. The average molecular weight is 160 g/mol. The molecule has 0 radical (unpaired) electrons. The zero-order valence-corrected chi connectivity index (χ0v) is 8.22. The van der Waals surface area contributed by atoms with Crippen molar-refractivity contribution in [3.8, 4) is 0 Å². The SMILES string of the molecule is CCC(C)OC(O)C(C)(C)C. The fourth-order valence-electron chi connectivity index (χ4n) is 0.520. The van der Waals surface area contributed by atoms with Crippen LogP contribution >= 0.6 is 0 Å². The van der Waals surface area contributed by atoms with E-state index >= 15 is 0 Å². The Morgan fingerprint density at radius 2 is 1.82 bits per heavy atom. The van der Waals surface area contributed by atoms with Crippen LogP contribution in [0.3, 0.4) is 0 Å². The molecular weight excluding hydrogens is 140 g/mol. The van der Waals surface area contributed by atoms with E-state index in [0.717, 1.165) is 6.42 Å². The number of rotatable bonds is 3. The Morgan fingerprint density at radius 3 is 2.09 bits per heavy atom. The molecule has 0 aliphatic rings. The van der Waals surface area contributed by atoms with Gasteiger partial charge < -0.3 is 9.84 Å². The summed E-state index contributed by atoms with van der Waals surface area (Å²) in [7, 11) is 0. The van der Waals surface area contributed by atoms with Crippen molar-refractivity contribution in [1.82, 2.24) is 0 Å². The summed E-state index contributed by atoms with van der Waals surface area (Å²) in [6.45, 7) is 9.88. The molecule has 0 bridgehead atoms. The van der Waals surface area contributed by atoms with Gasteiger partial charge in [0.25, 0.3) is 0 Å². The summed E-state index contributed by atoms with van der Waals surface area (Å²) >= 11 is 0. The van der Waals surface area contributed by atoms with Crippen LogP contribution in [0.1, 0.15) is 41.0 Å². The van der Waals surface area contributed by atoms with Gasteiger partial charge in [0.05, 0.1) is 6.10 Å². The Morgan fingerprint density at radius 1 is 1.36 bits per heavy atom. The second kappa shape index (κ2) is 4.07. The summed E-state index contributed by atoms with van der Waals surface area (Å²) in [4.78, 5) is 0. The summed E-state index contributed by atoms with van der Waals surface area (Å²) in [6, 6.07) is 0. The predicted molar refractivity (Wildman–Crippen MR) is 46.3 cm³/mol. The number of hydrogen-bond acceptors (Lipinski definition) is 2. The van der Waals surface area contributed by atoms with Gasteiger partial charge in [-0.05, 0) is 13.3 Å². The molecule has 68 valence electrons. The van der Waals surface area contributed by atoms with E-state index in [1.54, 1.807) is 0 Å². The van der Waals surface area contributed by atoms with Crippen LogP contribution in [-0.2, 0) is 4.74 Å². The lowest BCUT2D eigenvalue weighted by Gasteiger charge is -2.28. The van der Waals surface area contributed by atoms with Crippen molar-refractivity contribution in [2.75, 3.05) is 0 Å². The Labute approximate surface area is 69.6 Å². The van der Waals surface area contributed by atoms with Crippen LogP contribution < -0.4 is 0 Å². The van der Waals surface area contributed by atoms with Crippen molar-refractivity contribution in [3.63, 3.8) is 0 Å². The molecule has 0 aliphatic carbocycles. The van der Waals surface area contributed by atoms with Crippen molar-refractivity contribution < 1.29 is 9.84 Å². The van der Waals surface area contributed by atoms with E-state index in [0.29, 0.717) is 0 Å². The van der Waals surface area contributed by atoms with Crippen LogP contribution in [-0.4, -0.2) is 17.5 Å². The molecule has 0 heterocycles. The van der Waals surface area contributed by atoms with Crippen LogP contribution in [0.5, 0.6) is 0 Å². The van der Waals surface area contributed by atoms with Crippen molar-refractivity contribution in [2.24, 2.45) is 5.41 Å². The molecule has 0 aromatic heterocycles. The molecule has 1 N–H and O–H groups in total. The van der Waals surface area contributed by atoms with Crippen molar-refractivity contribution in [2.45, 2.75) is 53.4 Å². The van der Waals surface area contributed by atoms with Gasteiger partial charge in [-0.2, -0.15) is 0 Å². The summed E-state index contributed by atoms with van der Waals surface area (Å²) in [5, 5.41) is 9.46. The van der Waals surface area contributed by atoms with E-state index in [9.17, 15) is 5.11 Å². The minimum atomic E-state index is -0.655. The van der Waals surface area contributed by atoms with Crippen LogP contribution in [0, 0.1) is 5.41 Å². The van der Waals surface area contributed by atoms with Crippen LogP contribution in [0.4, 0.5) is 0 Å². The van der Waals surface area contributed by atoms with Gasteiger partial charge in [0, 0.05) is 5.41 Å². The number of aliphatic hydroxyl groups excluding tert-OH is 1. The quantitative estimate of drug-likeness (QED) is 0.641. The molecule has 2 nitrogen and oxygen atoms in total. The number of aliphatic hydroxyl groups is 1. The number of hydrogen-bond donors (Lipinski definition) is 1. The van der Waals surface area contributed by atoms with Gasteiger partial charge in [-0.3, -0.25) is 0 Å². The highest BCUT2D eigenvalue weighted by molar-refractivity contribution is 4.65. The fraction of sp³-hybridized carbons (Fsp3) is 1.00. The largest absolute Gasteiger partial charge is 0.368 e. The molecule has 2 unspecified atom stereocenters. The first kappa shape index (κ1) is 10.9. The zero-order valence-electron chi connectivity index (χ0n) is 8.22. The summed E-state index contributed by atoms with van der Waals surface area (Å²) < 4.78 is 5.32. The van der Waals surface area contributed by atoms with Gasteiger partial charge in [0.15, 0.2) is 6.29 Å². The molecule has 0 spiro atoms. The van der Waals surface area contributed by atoms with E-state index in [1.807, 2.05) is 34.6 Å². The highest BCUT2D eigenvalue weighted by atomic mass is 16.6. The van der Waals surface area contributed by atoms with Crippen molar-refractivity contribution >= 4 is 0 Å². The van der Waals surface area contributed by atoms with Crippen LogP contribution in [0.15, 0.2) is 0 Å². The van der Waals surface area contributed by atoms with Gasteiger partial charge in [-0.25, -0.2) is 0 Å². The molecule has 0 aliphatic heterocycles. The Kier molecular flexibility index (Phi) is 4.04. The second-order valence-electron chi connectivity index (χ2n) is 4.07. The second-order valence-corrected chi connectivity index (χ2v) is 4.07. The van der Waals surface area contributed by atoms with Crippen molar-refractivity contribution in [1.29, 1.82) is 0 Å². The molecule has 0 fully saturated rings. The van der Waals surface area contributed by atoms with E-state index in [1.165, 1.54) is 0 Å². The first-order chi connectivity index (χ1) is 4.88. The van der Waals surface area contributed by atoms with Gasteiger partial charge in [0.1, 0.15) is 0 Å². The molecule has 0 saturated carbocycles. The van der Waals surface area contributed by atoms with Crippen LogP contribution in [0.25, 0.3) is 0 Å². The molecule has 2 atom stereocenters. The topological polar surface area (TPSA) is 29.5 Å². The van der Waals surface area contributed by atoms with Gasteiger partial charge >= 0.3 is 0 Å². The smallest absolute Gasteiger partial charge is 0.159 e. The van der Waals surface area contributed by atoms with E-state index in [-0.39, 0.29) is 11.5 Å². The van der Waals surface area contributed by atoms with Gasteiger partial charge in [-0.1, -0.05) is 27.7 Å². The van der Waals surface area contributed by atoms with Crippen LogP contribution in [0.2, 0.25) is 0 Å². The maximum Gasteiger partial charge on any atom is 0.159 e. The standard InChI is InChI=1S/C9H20O2/c1-6-7(2)11-8(10)9(3,4)5/h7-8,10H,6H2,1-5H3. The molecule has 0 amide bonds. The highest BCUT2D eigenvalue weighted by Gasteiger charge is 2.23. The highest BCUT2D eigenvalue weighted by Crippen LogP contribution is 2.21. The molecule has 2 heteroatoms. The maximum absolute atomic E-state index is 9.46. The van der Waals surface area contributed by atoms with E-state index in [4.69, 9.17) is 4.74 Å². The molecule has 11 heavy (non-hydrogen) atoms. The lowest BCUT2D eigenvalue weighted by Crippen LogP contribution is -2.31. The van der Waals surface area contributed by atoms with E-state index < -0.39 is 6.29 Å². The third-order valence-electron chi connectivity index (χ3n) is 1.68. The third-order valence-corrected chi connectivity index (χ3v) is 1.68. The molecule has 0 aromatic rings. The minimum Gasteiger partial charge on any atom is -0.368 e. The van der Waals surface area contributed by atoms with Gasteiger partial charge in [-0.15, -0.1) is 0 Å². The minimum absolute atomic E-state index is 0.143. The molecule has 0 rings (SSSR count). The molecular formula is C9H20O2.